The van der Waals surface area contributed by atoms with Crippen LogP contribution in [-0.2, 0) is 4.79 Å². The van der Waals surface area contributed by atoms with Crippen LogP contribution in [-0.4, -0.2) is 10.9 Å². The number of carbonyl (C=O) groups is 1. The largest absolute Gasteiger partial charge is 0.302 e. The summed E-state index contributed by atoms with van der Waals surface area (Å²) in [4.78, 5) is 15.2. The average Bonchev–Trinajstić information content (AvgIpc) is 2.65. The van der Waals surface area contributed by atoms with Crippen molar-refractivity contribution in [1.82, 2.24) is 4.98 Å². The fourth-order valence-corrected chi connectivity index (χ4v) is 1.47. The third kappa shape index (κ3) is 4.06. The van der Waals surface area contributed by atoms with E-state index in [0.717, 1.165) is 12.8 Å². The van der Waals surface area contributed by atoms with Crippen molar-refractivity contribution in [2.24, 2.45) is 0 Å². The van der Waals surface area contributed by atoms with Gasteiger partial charge in [-0.15, -0.1) is 23.2 Å². The van der Waals surface area contributed by atoms with Crippen LogP contribution in [0.4, 0.5) is 5.13 Å². The molecule has 0 saturated heterocycles. The Morgan fingerprint density at radius 1 is 1.71 bits per heavy atom. The molecule has 0 bridgehead atoms. The molecule has 1 aromatic heterocycles. The number of hydrogen-bond acceptors (Lipinski definition) is 3. The van der Waals surface area contributed by atoms with Crippen LogP contribution in [0.15, 0.2) is 11.6 Å². The number of rotatable bonds is 4. The second kappa shape index (κ2) is 6.17. The number of nitrogens with one attached hydrogen (secondary N) is 1. The zero-order valence-electron chi connectivity index (χ0n) is 8.04. The van der Waals surface area contributed by atoms with Crippen LogP contribution >= 0.6 is 11.3 Å². The Morgan fingerprint density at radius 3 is 3.21 bits per heavy atom. The first-order valence-electron chi connectivity index (χ1n) is 4.42. The number of carbonyl (C=O) groups excluding carboxylic acids is 1. The predicted molar refractivity (Wildman–Crippen MR) is 58.0 cm³/mol. The zero-order chi connectivity index (χ0) is 10.2. The molecule has 74 valence electrons. The standard InChI is InChI=1S/C10H12N2OS/c1-2-3-4-5-6-9(13)12-10-11-7-8-14-10/h7-8H,4-6H2,1H3,(H,11,12,13). The number of aromatic nitrogens is 1. The fraction of sp³-hybridized carbons (Fsp3) is 0.400. The molecule has 0 unspecified atom stereocenters. The molecule has 0 aliphatic rings. The molecule has 0 spiro atoms. The summed E-state index contributed by atoms with van der Waals surface area (Å²) in [6.07, 6.45) is 3.76. The van der Waals surface area contributed by atoms with Crippen LogP contribution in [0, 0.1) is 11.8 Å². The minimum Gasteiger partial charge on any atom is -0.302 e. The third-order valence-corrected chi connectivity index (χ3v) is 2.25. The van der Waals surface area contributed by atoms with Gasteiger partial charge in [-0.2, -0.15) is 0 Å². The highest BCUT2D eigenvalue weighted by Gasteiger charge is 2.02. The molecule has 0 aliphatic carbocycles. The predicted octanol–water partition coefficient (Wildman–Crippen LogP) is 2.28. The van der Waals surface area contributed by atoms with Gasteiger partial charge in [0.1, 0.15) is 0 Å². The molecule has 1 heterocycles. The van der Waals surface area contributed by atoms with Crippen molar-refractivity contribution >= 4 is 22.4 Å². The molecule has 0 fully saturated rings. The zero-order valence-corrected chi connectivity index (χ0v) is 8.86. The smallest absolute Gasteiger partial charge is 0.226 e. The van der Waals surface area contributed by atoms with Gasteiger partial charge in [-0.05, 0) is 13.3 Å². The van der Waals surface area contributed by atoms with Gasteiger partial charge in [-0.3, -0.25) is 4.79 Å². The lowest BCUT2D eigenvalue weighted by atomic mass is 10.2. The molecule has 1 amide bonds. The molecule has 1 N–H and O–H groups in total. The highest BCUT2D eigenvalue weighted by atomic mass is 32.1. The van der Waals surface area contributed by atoms with Crippen molar-refractivity contribution in [2.75, 3.05) is 5.32 Å². The fourth-order valence-electron chi connectivity index (χ4n) is 0.929. The number of hydrogen-bond donors (Lipinski definition) is 1. The van der Waals surface area contributed by atoms with Crippen molar-refractivity contribution in [1.29, 1.82) is 0 Å². The normalized spacial score (nSPS) is 8.93. The maximum absolute atomic E-state index is 11.3. The van der Waals surface area contributed by atoms with Gasteiger partial charge < -0.3 is 5.32 Å². The third-order valence-electron chi connectivity index (χ3n) is 1.56. The van der Waals surface area contributed by atoms with E-state index in [-0.39, 0.29) is 5.91 Å². The number of thiazole rings is 1. The molecule has 0 aliphatic heterocycles. The van der Waals surface area contributed by atoms with E-state index in [1.54, 1.807) is 13.1 Å². The molecule has 0 radical (unpaired) electrons. The average molecular weight is 208 g/mol. The molecule has 0 saturated carbocycles. The van der Waals surface area contributed by atoms with Crippen LogP contribution in [0.2, 0.25) is 0 Å². The van der Waals surface area contributed by atoms with E-state index < -0.39 is 0 Å². The van der Waals surface area contributed by atoms with Gasteiger partial charge in [0.15, 0.2) is 5.13 Å². The Bertz CT molecular complexity index is 335. The van der Waals surface area contributed by atoms with Crippen LogP contribution in [0.1, 0.15) is 26.2 Å². The van der Waals surface area contributed by atoms with Gasteiger partial charge in [0.05, 0.1) is 0 Å². The molecular weight excluding hydrogens is 196 g/mol. The molecule has 14 heavy (non-hydrogen) atoms. The van der Waals surface area contributed by atoms with E-state index >= 15 is 0 Å². The molecule has 1 rings (SSSR count). The maximum atomic E-state index is 11.3. The van der Waals surface area contributed by atoms with Crippen molar-refractivity contribution < 1.29 is 4.79 Å². The first kappa shape index (κ1) is 10.7. The van der Waals surface area contributed by atoms with E-state index in [2.05, 4.69) is 22.1 Å². The second-order valence-corrected chi connectivity index (χ2v) is 3.56. The van der Waals surface area contributed by atoms with Crippen molar-refractivity contribution in [2.45, 2.75) is 26.2 Å². The van der Waals surface area contributed by atoms with Crippen LogP contribution in [0.3, 0.4) is 0 Å². The summed E-state index contributed by atoms with van der Waals surface area (Å²) in [5.41, 5.74) is 0. The monoisotopic (exact) mass is 208 g/mol. The summed E-state index contributed by atoms with van der Waals surface area (Å²) in [5.74, 6) is 5.73. The quantitative estimate of drug-likeness (QED) is 0.609. The lowest BCUT2D eigenvalue weighted by molar-refractivity contribution is -0.116. The van der Waals surface area contributed by atoms with Gasteiger partial charge in [-0.25, -0.2) is 4.98 Å². The highest BCUT2D eigenvalue weighted by molar-refractivity contribution is 7.13. The number of amides is 1. The lowest BCUT2D eigenvalue weighted by Crippen LogP contribution is -2.10. The Morgan fingerprint density at radius 2 is 2.57 bits per heavy atom. The number of unbranched alkanes of at least 4 members (excludes halogenated alkanes) is 1. The molecule has 0 aromatic carbocycles. The van der Waals surface area contributed by atoms with Crippen LogP contribution < -0.4 is 5.32 Å². The van der Waals surface area contributed by atoms with Gasteiger partial charge in [-0.1, -0.05) is 0 Å². The second-order valence-electron chi connectivity index (χ2n) is 2.67. The van der Waals surface area contributed by atoms with Crippen molar-refractivity contribution in [3.8, 4) is 11.8 Å². The van der Waals surface area contributed by atoms with Crippen LogP contribution in [0.5, 0.6) is 0 Å². The molecular formula is C10H12N2OS. The Hall–Kier alpha value is -1.34. The Labute approximate surface area is 87.6 Å². The van der Waals surface area contributed by atoms with Gasteiger partial charge in [0, 0.05) is 24.4 Å². The van der Waals surface area contributed by atoms with Crippen LogP contribution in [0.25, 0.3) is 0 Å². The Balaban J connectivity index is 2.19. The van der Waals surface area contributed by atoms with E-state index in [4.69, 9.17) is 0 Å². The molecule has 3 nitrogen and oxygen atoms in total. The first-order valence-corrected chi connectivity index (χ1v) is 5.30. The van der Waals surface area contributed by atoms with Crippen molar-refractivity contribution in [3.63, 3.8) is 0 Å². The van der Waals surface area contributed by atoms with Gasteiger partial charge >= 0.3 is 0 Å². The van der Waals surface area contributed by atoms with E-state index in [9.17, 15) is 4.79 Å². The summed E-state index contributed by atoms with van der Waals surface area (Å²) in [7, 11) is 0. The lowest BCUT2D eigenvalue weighted by Gasteiger charge is -1.98. The first-order chi connectivity index (χ1) is 6.83. The minimum atomic E-state index is 0.0119. The molecule has 0 atom stereocenters. The van der Waals surface area contributed by atoms with Crippen molar-refractivity contribution in [3.05, 3.63) is 11.6 Å². The number of nitrogens with zero attached hydrogens (tertiary/aromatic N) is 1. The highest BCUT2D eigenvalue weighted by Crippen LogP contribution is 2.10. The maximum Gasteiger partial charge on any atom is 0.226 e. The SMILES string of the molecule is CC#CCCCC(=O)Nc1nccs1. The summed E-state index contributed by atoms with van der Waals surface area (Å²) in [5, 5.41) is 5.21. The summed E-state index contributed by atoms with van der Waals surface area (Å²) in [6, 6.07) is 0. The van der Waals surface area contributed by atoms with E-state index in [1.165, 1.54) is 11.3 Å². The Kier molecular flexibility index (Phi) is 4.73. The van der Waals surface area contributed by atoms with Gasteiger partial charge in [0.25, 0.3) is 0 Å². The molecule has 1 aromatic rings. The van der Waals surface area contributed by atoms with Gasteiger partial charge in [0.2, 0.25) is 5.91 Å². The van der Waals surface area contributed by atoms with E-state index in [0.29, 0.717) is 11.6 Å². The summed E-state index contributed by atoms with van der Waals surface area (Å²) in [6.45, 7) is 1.80. The minimum absolute atomic E-state index is 0.0119. The number of anilines is 1. The summed E-state index contributed by atoms with van der Waals surface area (Å²) < 4.78 is 0. The van der Waals surface area contributed by atoms with E-state index in [1.807, 2.05) is 5.38 Å². The molecule has 4 heteroatoms. The summed E-state index contributed by atoms with van der Waals surface area (Å²) >= 11 is 1.42. The topological polar surface area (TPSA) is 42.0 Å².